The van der Waals surface area contributed by atoms with Crippen molar-refractivity contribution in [3.63, 3.8) is 0 Å². The summed E-state index contributed by atoms with van der Waals surface area (Å²) in [4.78, 5) is 11.3. The first-order valence-corrected chi connectivity index (χ1v) is 6.67. The van der Waals surface area contributed by atoms with E-state index >= 15 is 0 Å². The monoisotopic (exact) mass is 289 g/mol. The lowest BCUT2D eigenvalue weighted by Gasteiger charge is -2.24. The molecule has 0 aliphatic carbocycles. The first-order chi connectivity index (χ1) is 10.3. The van der Waals surface area contributed by atoms with Crippen molar-refractivity contribution in [2.75, 3.05) is 31.7 Å². The first-order valence-electron chi connectivity index (χ1n) is 6.67. The highest BCUT2D eigenvalue weighted by molar-refractivity contribution is 6.02. The van der Waals surface area contributed by atoms with E-state index in [1.807, 2.05) is 18.2 Å². The molecule has 1 fully saturated rings. The normalized spacial score (nSPS) is 18.6. The maximum Gasteiger partial charge on any atom is 0.358 e. The molecule has 2 aromatic rings. The number of aromatic carboxylic acids is 1. The van der Waals surface area contributed by atoms with E-state index < -0.39 is 5.97 Å². The third-order valence-corrected chi connectivity index (χ3v) is 3.26. The third-order valence-electron chi connectivity index (χ3n) is 3.26. The van der Waals surface area contributed by atoms with Crippen LogP contribution in [0.15, 0.2) is 24.3 Å². The zero-order valence-electron chi connectivity index (χ0n) is 11.3. The fourth-order valence-electron chi connectivity index (χ4n) is 2.25. The Morgan fingerprint density at radius 2 is 2.19 bits per heavy atom. The molecule has 3 rings (SSSR count). The number of carbonyl (C=O) groups is 1. The van der Waals surface area contributed by atoms with Gasteiger partial charge in [-0.2, -0.15) is 0 Å². The van der Waals surface area contributed by atoms with Crippen molar-refractivity contribution in [2.45, 2.75) is 6.10 Å². The van der Waals surface area contributed by atoms with Crippen molar-refractivity contribution >= 4 is 22.6 Å². The van der Waals surface area contributed by atoms with Gasteiger partial charge in [0.25, 0.3) is 0 Å². The molecule has 0 radical (unpaired) electrons. The summed E-state index contributed by atoms with van der Waals surface area (Å²) in [6.45, 7) is 2.09. The molecule has 0 saturated carbocycles. The van der Waals surface area contributed by atoms with Crippen LogP contribution in [-0.2, 0) is 9.47 Å². The lowest BCUT2D eigenvalue weighted by Crippen LogP contribution is -2.34. The lowest BCUT2D eigenvalue weighted by molar-refractivity contribution is -0.0818. The van der Waals surface area contributed by atoms with E-state index in [2.05, 4.69) is 15.5 Å². The van der Waals surface area contributed by atoms with Crippen molar-refractivity contribution < 1.29 is 19.4 Å². The molecule has 1 aromatic heterocycles. The van der Waals surface area contributed by atoms with Crippen molar-refractivity contribution in [3.05, 3.63) is 30.0 Å². The van der Waals surface area contributed by atoms with Gasteiger partial charge in [0.2, 0.25) is 0 Å². The molecule has 2 heterocycles. The summed E-state index contributed by atoms with van der Waals surface area (Å²) >= 11 is 0. The third kappa shape index (κ3) is 2.93. The number of rotatable bonds is 4. The van der Waals surface area contributed by atoms with Gasteiger partial charge in [-0.15, -0.1) is 10.2 Å². The van der Waals surface area contributed by atoms with Gasteiger partial charge in [0.05, 0.1) is 37.1 Å². The van der Waals surface area contributed by atoms with Crippen LogP contribution in [0.3, 0.4) is 0 Å². The molecule has 1 aliphatic rings. The molecule has 110 valence electrons. The largest absolute Gasteiger partial charge is 0.476 e. The predicted octanol–water partition coefficient (Wildman–Crippen LogP) is 1.16. The lowest BCUT2D eigenvalue weighted by atomic mass is 10.1. The minimum absolute atomic E-state index is 0.0922. The van der Waals surface area contributed by atoms with Crippen LogP contribution in [0, 0.1) is 0 Å². The van der Waals surface area contributed by atoms with Gasteiger partial charge in [0.15, 0.2) is 5.69 Å². The van der Waals surface area contributed by atoms with E-state index in [9.17, 15) is 9.90 Å². The Morgan fingerprint density at radius 1 is 1.33 bits per heavy atom. The summed E-state index contributed by atoms with van der Waals surface area (Å²) in [6.07, 6.45) is -0.104. The second-order valence-corrected chi connectivity index (χ2v) is 4.69. The predicted molar refractivity (Wildman–Crippen MR) is 75.5 cm³/mol. The fourth-order valence-corrected chi connectivity index (χ4v) is 2.25. The highest BCUT2D eigenvalue weighted by Crippen LogP contribution is 2.24. The number of ether oxygens (including phenoxy) is 2. The van der Waals surface area contributed by atoms with Crippen LogP contribution in [0.25, 0.3) is 10.9 Å². The summed E-state index contributed by atoms with van der Waals surface area (Å²) < 4.78 is 10.9. The van der Waals surface area contributed by atoms with E-state index in [1.54, 1.807) is 6.07 Å². The van der Waals surface area contributed by atoms with Crippen molar-refractivity contribution in [1.29, 1.82) is 0 Å². The first kappa shape index (κ1) is 13.7. The second kappa shape index (κ2) is 6.02. The van der Waals surface area contributed by atoms with E-state index in [0.717, 1.165) is 5.39 Å². The Labute approximate surface area is 120 Å². The Kier molecular flexibility index (Phi) is 3.94. The zero-order valence-corrected chi connectivity index (χ0v) is 11.3. The summed E-state index contributed by atoms with van der Waals surface area (Å²) in [7, 11) is 0. The number of benzene rings is 1. The highest BCUT2D eigenvalue weighted by atomic mass is 16.6. The van der Waals surface area contributed by atoms with Crippen LogP contribution < -0.4 is 5.32 Å². The van der Waals surface area contributed by atoms with Crippen LogP contribution in [0.5, 0.6) is 0 Å². The number of carboxylic acids is 1. The average Bonchev–Trinajstić information content (AvgIpc) is 2.53. The topological polar surface area (TPSA) is 93.6 Å². The van der Waals surface area contributed by atoms with Crippen molar-refractivity contribution in [1.82, 2.24) is 10.2 Å². The van der Waals surface area contributed by atoms with Gasteiger partial charge in [-0.1, -0.05) is 18.2 Å². The van der Waals surface area contributed by atoms with E-state index in [0.29, 0.717) is 37.6 Å². The smallest absolute Gasteiger partial charge is 0.358 e. The molecule has 21 heavy (non-hydrogen) atoms. The Bertz CT molecular complexity index is 656. The van der Waals surface area contributed by atoms with Gasteiger partial charge < -0.3 is 19.9 Å². The number of fused-ring (bicyclic) bond motifs is 1. The molecule has 1 atom stereocenters. The molecule has 0 spiro atoms. The minimum Gasteiger partial charge on any atom is -0.476 e. The van der Waals surface area contributed by atoms with Crippen LogP contribution in [0.4, 0.5) is 5.69 Å². The molecular formula is C14H15N3O4. The molecule has 2 N–H and O–H groups in total. The van der Waals surface area contributed by atoms with Crippen LogP contribution in [-0.4, -0.2) is 53.7 Å². The highest BCUT2D eigenvalue weighted by Gasteiger charge is 2.19. The second-order valence-electron chi connectivity index (χ2n) is 4.69. The summed E-state index contributed by atoms with van der Waals surface area (Å²) in [5.74, 6) is -1.11. The summed E-state index contributed by atoms with van der Waals surface area (Å²) in [5, 5.41) is 20.8. The summed E-state index contributed by atoms with van der Waals surface area (Å²) in [5.41, 5.74) is 1.01. The van der Waals surface area contributed by atoms with E-state index in [4.69, 9.17) is 9.47 Å². The Balaban J connectivity index is 1.90. The Morgan fingerprint density at radius 3 is 2.95 bits per heavy atom. The summed E-state index contributed by atoms with van der Waals surface area (Å²) in [6, 6.07) is 7.27. The molecule has 7 nitrogen and oxygen atoms in total. The van der Waals surface area contributed by atoms with Gasteiger partial charge >= 0.3 is 5.97 Å². The van der Waals surface area contributed by atoms with Crippen LogP contribution in [0.1, 0.15) is 10.5 Å². The molecule has 1 unspecified atom stereocenters. The number of hydrogen-bond donors (Lipinski definition) is 2. The standard InChI is InChI=1S/C14H15N3O4/c18-14(19)13-12(15-7-9-8-20-5-6-21-9)10-3-1-2-4-11(10)16-17-13/h1-4,9H,5-8H2,(H,15,16)(H,18,19). The fraction of sp³-hybridized carbons (Fsp3) is 0.357. The van der Waals surface area contributed by atoms with Crippen molar-refractivity contribution in [3.8, 4) is 0 Å². The molecule has 7 heteroatoms. The number of nitrogens with zero attached hydrogens (tertiary/aromatic N) is 2. The zero-order chi connectivity index (χ0) is 14.7. The molecular weight excluding hydrogens is 274 g/mol. The molecule has 1 aromatic carbocycles. The van der Waals surface area contributed by atoms with E-state index in [-0.39, 0.29) is 11.8 Å². The molecule has 1 saturated heterocycles. The van der Waals surface area contributed by atoms with Gasteiger partial charge in [-0.3, -0.25) is 0 Å². The maximum absolute atomic E-state index is 11.3. The van der Waals surface area contributed by atoms with Crippen molar-refractivity contribution in [2.24, 2.45) is 0 Å². The molecule has 0 amide bonds. The number of anilines is 1. The quantitative estimate of drug-likeness (QED) is 0.872. The molecule has 0 bridgehead atoms. The maximum atomic E-state index is 11.3. The number of hydrogen-bond acceptors (Lipinski definition) is 6. The SMILES string of the molecule is O=C(O)c1nnc2ccccc2c1NCC1COCCO1. The van der Waals surface area contributed by atoms with Gasteiger partial charge in [-0.25, -0.2) is 4.79 Å². The average molecular weight is 289 g/mol. The van der Waals surface area contributed by atoms with Gasteiger partial charge in [0, 0.05) is 11.9 Å². The van der Waals surface area contributed by atoms with Gasteiger partial charge in [-0.05, 0) is 6.07 Å². The number of nitrogens with one attached hydrogen (secondary N) is 1. The van der Waals surface area contributed by atoms with Crippen LogP contribution >= 0.6 is 0 Å². The van der Waals surface area contributed by atoms with Crippen LogP contribution in [0.2, 0.25) is 0 Å². The van der Waals surface area contributed by atoms with E-state index in [1.165, 1.54) is 0 Å². The number of carboxylic acid groups (broad SMARTS) is 1. The molecule has 1 aliphatic heterocycles. The van der Waals surface area contributed by atoms with Gasteiger partial charge in [0.1, 0.15) is 0 Å². The minimum atomic E-state index is -1.11. The Hall–Kier alpha value is -2.25. The number of aromatic nitrogens is 2.